The first-order valence-electron chi connectivity index (χ1n) is 7.87. The average molecular weight is 528 g/mol. The predicted octanol–water partition coefficient (Wildman–Crippen LogP) is -0.918. The predicted molar refractivity (Wildman–Crippen MR) is 93.0 cm³/mol. The van der Waals surface area contributed by atoms with Gasteiger partial charge in [-0.2, -0.15) is 8.62 Å². The van der Waals surface area contributed by atoms with E-state index in [1.807, 2.05) is 0 Å². The van der Waals surface area contributed by atoms with Crippen LogP contribution in [0.2, 0.25) is 0 Å². The minimum Gasteiger partial charge on any atom is -0.378 e. The first-order chi connectivity index (χ1) is 14.3. The summed E-state index contributed by atoms with van der Waals surface area (Å²) in [5.74, 6) is -3.67. The molecule has 0 amide bonds. The highest BCUT2D eigenvalue weighted by Crippen LogP contribution is 2.75. The molecule has 7 atom stereocenters. The maximum atomic E-state index is 15.6. The highest BCUT2D eigenvalue weighted by atomic mass is 31.3. The van der Waals surface area contributed by atoms with E-state index in [1.165, 1.54) is 0 Å². The molecule has 0 radical (unpaired) electrons. The Morgan fingerprint density at radius 3 is 2.25 bits per heavy atom. The molecule has 16 nitrogen and oxygen atoms in total. The summed E-state index contributed by atoms with van der Waals surface area (Å²) in [7, 11) is -17.7. The summed E-state index contributed by atoms with van der Waals surface area (Å²) in [6.07, 6.45) is -4.08. The maximum absolute atomic E-state index is 15.6. The molecule has 1 aliphatic carbocycles. The van der Waals surface area contributed by atoms with Gasteiger partial charge in [-0.15, -0.1) is 0 Å². The van der Waals surface area contributed by atoms with Crippen molar-refractivity contribution < 1.29 is 65.0 Å². The zero-order valence-electron chi connectivity index (χ0n) is 15.0. The molecule has 2 fully saturated rings. The SMILES string of the molecule is C=C[C@]1(F)[C@H](n2ccc(=O)[nH]c2=O)O[C@]2(F)C(OP(=O)(O)OP(=O)(O)OP(=O)(O)O)[C@@]21O. The highest BCUT2D eigenvalue weighted by Gasteiger charge is 2.97. The van der Waals surface area contributed by atoms with Crippen molar-refractivity contribution in [2.45, 2.75) is 29.5 Å². The second-order valence-electron chi connectivity index (χ2n) is 6.45. The number of hydrogen-bond acceptors (Lipinski definition) is 10. The number of nitrogens with zero attached hydrogens (tertiary/aromatic N) is 1. The van der Waals surface area contributed by atoms with Crippen molar-refractivity contribution in [3.8, 4) is 0 Å². The van der Waals surface area contributed by atoms with Gasteiger partial charge in [0, 0.05) is 12.3 Å². The molecule has 1 aromatic rings. The Morgan fingerprint density at radius 2 is 1.75 bits per heavy atom. The van der Waals surface area contributed by atoms with E-state index in [4.69, 9.17) is 14.7 Å². The molecule has 2 heterocycles. The molecule has 0 aromatic carbocycles. The third-order valence-corrected chi connectivity index (χ3v) is 8.24. The van der Waals surface area contributed by atoms with Crippen molar-refractivity contribution in [2.24, 2.45) is 0 Å². The van der Waals surface area contributed by atoms with E-state index in [2.05, 4.69) is 24.5 Å². The van der Waals surface area contributed by atoms with Gasteiger partial charge >= 0.3 is 29.2 Å². The number of aromatic nitrogens is 2. The van der Waals surface area contributed by atoms with E-state index < -0.39 is 64.2 Å². The van der Waals surface area contributed by atoms with Crippen LogP contribution in [0.15, 0.2) is 34.5 Å². The lowest BCUT2D eigenvalue weighted by molar-refractivity contribution is -0.154. The van der Waals surface area contributed by atoms with Crippen LogP contribution in [0.25, 0.3) is 0 Å². The van der Waals surface area contributed by atoms with Gasteiger partial charge in [-0.05, 0) is 6.08 Å². The van der Waals surface area contributed by atoms with E-state index in [0.717, 1.165) is 6.07 Å². The van der Waals surface area contributed by atoms with E-state index in [0.29, 0.717) is 10.8 Å². The summed E-state index contributed by atoms with van der Waals surface area (Å²) in [4.78, 5) is 60.3. The molecule has 3 unspecified atom stereocenters. The van der Waals surface area contributed by atoms with E-state index in [9.17, 15) is 33.3 Å². The molecule has 3 rings (SSSR count). The Labute approximate surface area is 174 Å². The second kappa shape index (κ2) is 7.30. The minimum absolute atomic E-state index is 0.275. The molecule has 6 N–H and O–H groups in total. The molecule has 1 saturated heterocycles. The Hall–Kier alpha value is -1.39. The topological polar surface area (TPSA) is 244 Å². The summed E-state index contributed by atoms with van der Waals surface area (Å²) in [5, 5.41) is 10.5. The zero-order chi connectivity index (χ0) is 24.5. The second-order valence-corrected chi connectivity index (χ2v) is 10.8. The number of fused-ring (bicyclic) bond motifs is 1. The van der Waals surface area contributed by atoms with Crippen LogP contribution in [-0.4, -0.2) is 57.5 Å². The number of phosphoric ester groups is 1. The average Bonchev–Trinajstić information content (AvgIpc) is 2.96. The maximum Gasteiger partial charge on any atom is 0.490 e. The number of hydrogen-bond donors (Lipinski definition) is 6. The van der Waals surface area contributed by atoms with Gasteiger partial charge in [0.15, 0.2) is 12.3 Å². The van der Waals surface area contributed by atoms with Gasteiger partial charge in [0.1, 0.15) is 0 Å². The minimum atomic E-state index is -5.99. The Morgan fingerprint density at radius 1 is 1.16 bits per heavy atom. The fourth-order valence-corrected chi connectivity index (χ4v) is 6.34. The van der Waals surface area contributed by atoms with Gasteiger partial charge in [0.25, 0.3) is 11.4 Å². The molecular formula is C11H13F2N2O14P3. The van der Waals surface area contributed by atoms with Crippen LogP contribution in [0.5, 0.6) is 0 Å². The van der Waals surface area contributed by atoms with Gasteiger partial charge in [0.2, 0.25) is 11.3 Å². The summed E-state index contributed by atoms with van der Waals surface area (Å²) in [5.41, 5.74) is -9.13. The van der Waals surface area contributed by atoms with Crippen LogP contribution in [0.4, 0.5) is 8.78 Å². The molecule has 180 valence electrons. The van der Waals surface area contributed by atoms with Crippen LogP contribution >= 0.6 is 23.5 Å². The quantitative estimate of drug-likeness (QED) is 0.177. The first-order valence-corrected chi connectivity index (χ1v) is 12.4. The summed E-state index contributed by atoms with van der Waals surface area (Å²) < 4.78 is 80.6. The fourth-order valence-electron chi connectivity index (χ4n) is 3.12. The number of alkyl halides is 2. The van der Waals surface area contributed by atoms with Crippen LogP contribution in [0.1, 0.15) is 6.23 Å². The lowest BCUT2D eigenvalue weighted by Crippen LogP contribution is -2.49. The van der Waals surface area contributed by atoms with Crippen molar-refractivity contribution >= 4 is 23.5 Å². The van der Waals surface area contributed by atoms with E-state index >= 15 is 8.78 Å². The van der Waals surface area contributed by atoms with Crippen LogP contribution in [0, 0.1) is 0 Å². The van der Waals surface area contributed by atoms with Crippen molar-refractivity contribution in [1.82, 2.24) is 9.55 Å². The summed E-state index contributed by atoms with van der Waals surface area (Å²) in [6.45, 7) is 3.04. The first kappa shape index (κ1) is 25.2. The normalized spacial score (nSPS) is 37.8. The van der Waals surface area contributed by atoms with Gasteiger partial charge in [-0.25, -0.2) is 27.3 Å². The van der Waals surface area contributed by atoms with E-state index in [1.54, 1.807) is 4.98 Å². The van der Waals surface area contributed by atoms with Crippen molar-refractivity contribution in [3.05, 3.63) is 45.8 Å². The Bertz CT molecular complexity index is 1230. The number of ether oxygens (including phenoxy) is 1. The summed E-state index contributed by atoms with van der Waals surface area (Å²) in [6, 6.07) is 0.733. The molecule has 0 spiro atoms. The third-order valence-electron chi connectivity index (χ3n) is 4.44. The molecule has 1 aromatic heterocycles. The van der Waals surface area contributed by atoms with Crippen molar-refractivity contribution in [1.29, 1.82) is 0 Å². The number of halogens is 2. The fraction of sp³-hybridized carbons (Fsp3) is 0.455. The molecule has 0 bridgehead atoms. The lowest BCUT2D eigenvalue weighted by Gasteiger charge is -2.30. The third kappa shape index (κ3) is 3.92. The molecule has 32 heavy (non-hydrogen) atoms. The molecule has 2 aliphatic rings. The number of H-pyrrole nitrogens is 1. The number of phosphoric acid groups is 3. The zero-order valence-corrected chi connectivity index (χ0v) is 17.7. The van der Waals surface area contributed by atoms with Crippen molar-refractivity contribution in [3.63, 3.8) is 0 Å². The number of rotatable bonds is 8. The largest absolute Gasteiger partial charge is 0.490 e. The number of nitrogens with one attached hydrogen (secondary N) is 1. The van der Waals surface area contributed by atoms with Gasteiger partial charge in [-0.3, -0.25) is 18.9 Å². The Kier molecular flexibility index (Phi) is 5.76. The van der Waals surface area contributed by atoms with E-state index in [-0.39, 0.29) is 6.08 Å². The number of aromatic amines is 1. The van der Waals surface area contributed by atoms with Gasteiger partial charge < -0.3 is 29.4 Å². The smallest absolute Gasteiger partial charge is 0.378 e. The van der Waals surface area contributed by atoms with Crippen molar-refractivity contribution in [2.75, 3.05) is 0 Å². The van der Waals surface area contributed by atoms with Crippen LogP contribution < -0.4 is 11.2 Å². The number of aliphatic hydroxyl groups is 1. The summed E-state index contributed by atoms with van der Waals surface area (Å²) >= 11 is 0. The molecule has 21 heteroatoms. The van der Waals surface area contributed by atoms with Gasteiger partial charge in [0.05, 0.1) is 0 Å². The monoisotopic (exact) mass is 528 g/mol. The van der Waals surface area contributed by atoms with Crippen LogP contribution in [0.3, 0.4) is 0 Å². The van der Waals surface area contributed by atoms with Crippen LogP contribution in [-0.2, 0) is 31.6 Å². The molecule has 1 saturated carbocycles. The lowest BCUT2D eigenvalue weighted by atomic mass is 9.95. The van der Waals surface area contributed by atoms with Gasteiger partial charge in [-0.1, -0.05) is 6.58 Å². The molecule has 1 aliphatic heterocycles. The Balaban J connectivity index is 1.89. The molecular weight excluding hydrogens is 515 g/mol. The highest BCUT2D eigenvalue weighted by molar-refractivity contribution is 7.66. The standard InChI is InChI=1S/C11H13F2N2O14P3/c1-2-9(12)7(15-4-3-5(16)14-8(15)17)26-11(13)6(10(9,11)18)27-31(22,23)29-32(24,25)28-30(19,20)21/h2-4,6-7,18H,1H2,(H,22,23)(H,24,25)(H,14,16,17)(H2,19,20,21)/t6?,7-,9+,10+,11-/m1/s1.